The minimum atomic E-state index is -0.208. The molecule has 1 aliphatic rings. The molecule has 2 nitrogen and oxygen atoms in total. The van der Waals surface area contributed by atoms with Crippen molar-refractivity contribution in [3.8, 4) is 5.75 Å². The third-order valence-corrected chi connectivity index (χ3v) is 4.85. The molecule has 1 unspecified atom stereocenters. The van der Waals surface area contributed by atoms with Gasteiger partial charge in [-0.05, 0) is 59.5 Å². The maximum Gasteiger partial charge on any atom is 0.123 e. The minimum absolute atomic E-state index is 0.0673. The Balaban J connectivity index is 1.84. The lowest BCUT2D eigenvalue weighted by Gasteiger charge is -2.39. The maximum atomic E-state index is 13.4. The van der Waals surface area contributed by atoms with Crippen LogP contribution in [0.25, 0.3) is 0 Å². The van der Waals surface area contributed by atoms with Gasteiger partial charge in [0.05, 0.1) is 13.2 Å². The second-order valence-electron chi connectivity index (χ2n) is 6.30. The Labute approximate surface area is 147 Å². The highest BCUT2D eigenvalue weighted by molar-refractivity contribution is 5.56. The van der Waals surface area contributed by atoms with Crippen LogP contribution >= 0.6 is 0 Å². The Bertz CT molecular complexity index is 861. The highest BCUT2D eigenvalue weighted by atomic mass is 19.1. The van der Waals surface area contributed by atoms with E-state index in [0.29, 0.717) is 0 Å². The second-order valence-corrected chi connectivity index (χ2v) is 6.30. The van der Waals surface area contributed by atoms with E-state index in [0.717, 1.165) is 24.3 Å². The van der Waals surface area contributed by atoms with Crippen molar-refractivity contribution in [2.24, 2.45) is 0 Å². The molecule has 0 aliphatic carbocycles. The normalized spacial score (nSPS) is 16.4. The molecule has 0 saturated carbocycles. The Kier molecular flexibility index (Phi) is 4.14. The van der Waals surface area contributed by atoms with Crippen LogP contribution in [0, 0.1) is 5.82 Å². The number of methoxy groups -OCH3 is 1. The molecule has 0 bridgehead atoms. The highest BCUT2D eigenvalue weighted by Crippen LogP contribution is 2.39. The van der Waals surface area contributed by atoms with Gasteiger partial charge >= 0.3 is 0 Å². The SMILES string of the molecule is COc1ccc2c(c1)CCN(c1ccccc1)C2c1ccc(F)cc1. The molecule has 0 fully saturated rings. The van der Waals surface area contributed by atoms with E-state index in [1.165, 1.54) is 28.9 Å². The summed E-state index contributed by atoms with van der Waals surface area (Å²) in [5.74, 6) is 0.672. The molecule has 0 spiro atoms. The number of fused-ring (bicyclic) bond motifs is 1. The number of ether oxygens (including phenoxy) is 1. The minimum Gasteiger partial charge on any atom is -0.497 e. The molecule has 3 aromatic rings. The van der Waals surface area contributed by atoms with Crippen LogP contribution in [0.3, 0.4) is 0 Å². The first-order valence-corrected chi connectivity index (χ1v) is 8.50. The zero-order valence-electron chi connectivity index (χ0n) is 14.2. The summed E-state index contributed by atoms with van der Waals surface area (Å²) >= 11 is 0. The summed E-state index contributed by atoms with van der Waals surface area (Å²) in [6.45, 7) is 0.909. The van der Waals surface area contributed by atoms with Gasteiger partial charge in [-0.15, -0.1) is 0 Å². The molecule has 0 aromatic heterocycles. The number of hydrogen-bond acceptors (Lipinski definition) is 2. The summed E-state index contributed by atoms with van der Waals surface area (Å²) in [4.78, 5) is 2.39. The van der Waals surface area contributed by atoms with Gasteiger partial charge in [-0.25, -0.2) is 4.39 Å². The highest BCUT2D eigenvalue weighted by Gasteiger charge is 2.29. The van der Waals surface area contributed by atoms with Gasteiger partial charge in [-0.2, -0.15) is 0 Å². The van der Waals surface area contributed by atoms with E-state index in [1.54, 1.807) is 7.11 Å². The Morgan fingerprint density at radius 2 is 1.72 bits per heavy atom. The van der Waals surface area contributed by atoms with Crippen molar-refractivity contribution < 1.29 is 9.13 Å². The Hall–Kier alpha value is -2.81. The first-order chi connectivity index (χ1) is 12.3. The van der Waals surface area contributed by atoms with Crippen LogP contribution in [-0.2, 0) is 6.42 Å². The van der Waals surface area contributed by atoms with Crippen molar-refractivity contribution in [3.63, 3.8) is 0 Å². The van der Waals surface area contributed by atoms with Crippen molar-refractivity contribution in [2.75, 3.05) is 18.6 Å². The lowest BCUT2D eigenvalue weighted by Crippen LogP contribution is -2.36. The molecule has 0 N–H and O–H groups in total. The summed E-state index contributed by atoms with van der Waals surface area (Å²) < 4.78 is 18.8. The van der Waals surface area contributed by atoms with Crippen LogP contribution in [0.15, 0.2) is 72.8 Å². The molecule has 1 aliphatic heterocycles. The monoisotopic (exact) mass is 333 g/mol. The number of nitrogens with zero attached hydrogens (tertiary/aromatic N) is 1. The zero-order chi connectivity index (χ0) is 17.2. The molecule has 1 atom stereocenters. The zero-order valence-corrected chi connectivity index (χ0v) is 14.2. The molecular weight excluding hydrogens is 313 g/mol. The van der Waals surface area contributed by atoms with Gasteiger partial charge in [-0.1, -0.05) is 36.4 Å². The number of hydrogen-bond donors (Lipinski definition) is 0. The Morgan fingerprint density at radius 3 is 2.44 bits per heavy atom. The van der Waals surface area contributed by atoms with Crippen LogP contribution in [-0.4, -0.2) is 13.7 Å². The first kappa shape index (κ1) is 15.7. The van der Waals surface area contributed by atoms with Crippen LogP contribution in [0.1, 0.15) is 22.7 Å². The Morgan fingerprint density at radius 1 is 0.960 bits per heavy atom. The van der Waals surface area contributed by atoms with Gasteiger partial charge in [0.15, 0.2) is 0 Å². The van der Waals surface area contributed by atoms with E-state index in [1.807, 2.05) is 24.3 Å². The molecule has 0 radical (unpaired) electrons. The van der Waals surface area contributed by atoms with Gasteiger partial charge in [0.1, 0.15) is 11.6 Å². The quantitative estimate of drug-likeness (QED) is 0.670. The van der Waals surface area contributed by atoms with E-state index in [4.69, 9.17) is 4.74 Å². The summed E-state index contributed by atoms with van der Waals surface area (Å²) in [7, 11) is 1.69. The molecule has 0 amide bonds. The fraction of sp³-hybridized carbons (Fsp3) is 0.182. The van der Waals surface area contributed by atoms with Crippen LogP contribution in [0.5, 0.6) is 5.75 Å². The molecule has 1 heterocycles. The summed E-state index contributed by atoms with van der Waals surface area (Å²) in [5.41, 5.74) is 4.82. The number of benzene rings is 3. The standard InChI is InChI=1S/C22H20FNO/c1-25-20-11-12-21-17(15-20)13-14-24(19-5-3-2-4-6-19)22(21)16-7-9-18(23)10-8-16/h2-12,15,22H,13-14H2,1H3. The molecular formula is C22H20FNO. The average Bonchev–Trinajstić information content (AvgIpc) is 2.68. The predicted molar refractivity (Wildman–Crippen MR) is 98.7 cm³/mol. The summed E-state index contributed by atoms with van der Waals surface area (Å²) in [6.07, 6.45) is 0.957. The van der Waals surface area contributed by atoms with Crippen LogP contribution < -0.4 is 9.64 Å². The van der Waals surface area contributed by atoms with Crippen molar-refractivity contribution in [1.29, 1.82) is 0 Å². The van der Waals surface area contributed by atoms with Crippen LogP contribution in [0.4, 0.5) is 10.1 Å². The number of halogens is 1. The third kappa shape index (κ3) is 2.98. The molecule has 25 heavy (non-hydrogen) atoms. The summed E-state index contributed by atoms with van der Waals surface area (Å²) in [5, 5.41) is 0. The predicted octanol–water partition coefficient (Wildman–Crippen LogP) is 4.99. The number of para-hydroxylation sites is 1. The summed E-state index contributed by atoms with van der Waals surface area (Å²) in [6, 6.07) is 23.6. The number of anilines is 1. The molecule has 0 saturated heterocycles. The van der Waals surface area contributed by atoms with Crippen molar-refractivity contribution in [3.05, 3.63) is 95.3 Å². The lowest BCUT2D eigenvalue weighted by atomic mass is 9.87. The smallest absolute Gasteiger partial charge is 0.123 e. The van der Waals surface area contributed by atoms with Gasteiger partial charge in [0.25, 0.3) is 0 Å². The van der Waals surface area contributed by atoms with Gasteiger partial charge < -0.3 is 9.64 Å². The maximum absolute atomic E-state index is 13.4. The van der Waals surface area contributed by atoms with Gasteiger partial charge in [0.2, 0.25) is 0 Å². The molecule has 3 heteroatoms. The van der Waals surface area contributed by atoms with E-state index < -0.39 is 0 Å². The molecule has 3 aromatic carbocycles. The van der Waals surface area contributed by atoms with E-state index in [-0.39, 0.29) is 11.9 Å². The largest absolute Gasteiger partial charge is 0.497 e. The lowest BCUT2D eigenvalue weighted by molar-refractivity contribution is 0.413. The van der Waals surface area contributed by atoms with Gasteiger partial charge in [-0.3, -0.25) is 0 Å². The first-order valence-electron chi connectivity index (χ1n) is 8.50. The van der Waals surface area contributed by atoms with Crippen molar-refractivity contribution >= 4 is 5.69 Å². The van der Waals surface area contributed by atoms with E-state index >= 15 is 0 Å². The number of rotatable bonds is 3. The van der Waals surface area contributed by atoms with E-state index in [2.05, 4.69) is 41.3 Å². The van der Waals surface area contributed by atoms with Crippen molar-refractivity contribution in [2.45, 2.75) is 12.5 Å². The second kappa shape index (κ2) is 6.60. The molecule has 4 rings (SSSR count). The average molecular weight is 333 g/mol. The third-order valence-electron chi connectivity index (χ3n) is 4.85. The molecule has 126 valence electrons. The van der Waals surface area contributed by atoms with Crippen LogP contribution in [0.2, 0.25) is 0 Å². The topological polar surface area (TPSA) is 12.5 Å². The van der Waals surface area contributed by atoms with E-state index in [9.17, 15) is 4.39 Å². The van der Waals surface area contributed by atoms with Crippen molar-refractivity contribution in [1.82, 2.24) is 0 Å². The fourth-order valence-electron chi connectivity index (χ4n) is 3.63. The van der Waals surface area contributed by atoms with Gasteiger partial charge in [0, 0.05) is 12.2 Å². The fourth-order valence-corrected chi connectivity index (χ4v) is 3.63.